The van der Waals surface area contributed by atoms with E-state index in [1.807, 2.05) is 0 Å². The average Bonchev–Trinajstić information content (AvgIpc) is 3.48. The molecule has 0 radical (unpaired) electrons. The topological polar surface area (TPSA) is 82.3 Å². The van der Waals surface area contributed by atoms with Gasteiger partial charge in [0.2, 0.25) is 5.43 Å². The maximum Gasteiger partial charge on any atom is 0.416 e. The Kier molecular flexibility index (Phi) is 5.35. The highest BCUT2D eigenvalue weighted by Crippen LogP contribution is 2.31. The molecule has 1 aliphatic heterocycles. The highest BCUT2D eigenvalue weighted by molar-refractivity contribution is 5.89. The van der Waals surface area contributed by atoms with Gasteiger partial charge in [0.05, 0.1) is 35.4 Å². The minimum atomic E-state index is -4.56. The van der Waals surface area contributed by atoms with Gasteiger partial charge < -0.3 is 4.74 Å². The number of carbonyl (C=O) groups excluding carboxylic acids is 1. The lowest BCUT2D eigenvalue weighted by Crippen LogP contribution is -2.23. The van der Waals surface area contributed by atoms with E-state index in [0.29, 0.717) is 5.69 Å². The zero-order valence-corrected chi connectivity index (χ0v) is 17.7. The number of anilines is 1. The molecule has 1 amide bonds. The lowest BCUT2D eigenvalue weighted by Gasteiger charge is -2.15. The van der Waals surface area contributed by atoms with Gasteiger partial charge >= 0.3 is 12.3 Å². The summed E-state index contributed by atoms with van der Waals surface area (Å²) < 4.78 is 61.6. The first kappa shape index (κ1) is 22.3. The monoisotopic (exact) mass is 485 g/mol. The summed E-state index contributed by atoms with van der Waals surface area (Å²) in [4.78, 5) is 25.6. The standard InChI is InChI=1S/C23H15F4N5O3/c24-17-13-15(30-10-11-35-22(30)34)4-5-18(17)31-9-7-20(33)21(29-31)19-6-8-28-32(19)16-3-1-2-14(12-16)23(25,26)27/h1-9,12-13H,10-11H2. The molecule has 0 N–H and O–H groups in total. The third-order valence-electron chi connectivity index (χ3n) is 5.36. The Labute approximate surface area is 194 Å². The van der Waals surface area contributed by atoms with E-state index in [9.17, 15) is 27.2 Å². The highest BCUT2D eigenvalue weighted by Gasteiger charge is 2.31. The first-order chi connectivity index (χ1) is 16.7. The fourth-order valence-electron chi connectivity index (χ4n) is 3.70. The first-order valence-corrected chi connectivity index (χ1v) is 10.3. The first-order valence-electron chi connectivity index (χ1n) is 10.3. The largest absolute Gasteiger partial charge is 0.447 e. The summed E-state index contributed by atoms with van der Waals surface area (Å²) in [5, 5.41) is 8.27. The second kappa shape index (κ2) is 8.38. The number of benzene rings is 2. The Balaban J connectivity index is 1.55. The van der Waals surface area contributed by atoms with Gasteiger partial charge in [0.25, 0.3) is 0 Å². The molecule has 1 aliphatic rings. The quantitative estimate of drug-likeness (QED) is 0.405. The number of hydrogen-bond acceptors (Lipinski definition) is 5. The van der Waals surface area contributed by atoms with Crippen molar-refractivity contribution in [3.05, 3.63) is 88.6 Å². The maximum absolute atomic E-state index is 14.9. The number of amides is 1. The van der Waals surface area contributed by atoms with Crippen LogP contribution in [0.3, 0.4) is 0 Å². The number of halogens is 4. The van der Waals surface area contributed by atoms with Crippen molar-refractivity contribution in [1.82, 2.24) is 19.6 Å². The van der Waals surface area contributed by atoms with E-state index in [2.05, 4.69) is 10.2 Å². The molecule has 12 heteroatoms. The van der Waals surface area contributed by atoms with Crippen molar-refractivity contribution in [3.8, 4) is 22.8 Å². The number of alkyl halides is 3. The number of carbonyl (C=O) groups is 1. The molecule has 5 rings (SSSR count). The van der Waals surface area contributed by atoms with Crippen LogP contribution in [-0.4, -0.2) is 38.8 Å². The summed E-state index contributed by atoms with van der Waals surface area (Å²) in [6.45, 7) is 0.490. The molecule has 8 nitrogen and oxygen atoms in total. The molecule has 3 heterocycles. The number of nitrogens with zero attached hydrogens (tertiary/aromatic N) is 5. The summed E-state index contributed by atoms with van der Waals surface area (Å²) in [6.07, 6.45) is -2.56. The van der Waals surface area contributed by atoms with E-state index in [1.165, 1.54) is 47.6 Å². The van der Waals surface area contributed by atoms with E-state index in [4.69, 9.17) is 4.74 Å². The van der Waals surface area contributed by atoms with Crippen LogP contribution in [0, 0.1) is 5.82 Å². The van der Waals surface area contributed by atoms with Crippen LogP contribution in [0.4, 0.5) is 28.0 Å². The molecule has 0 saturated carbocycles. The normalized spacial score (nSPS) is 13.8. The molecule has 0 aliphatic carbocycles. The van der Waals surface area contributed by atoms with Crippen LogP contribution >= 0.6 is 0 Å². The molecular formula is C23H15F4N5O3. The zero-order valence-electron chi connectivity index (χ0n) is 17.7. The number of ether oxygens (including phenoxy) is 1. The lowest BCUT2D eigenvalue weighted by atomic mass is 10.2. The Morgan fingerprint density at radius 1 is 0.971 bits per heavy atom. The van der Waals surface area contributed by atoms with Crippen molar-refractivity contribution in [1.29, 1.82) is 0 Å². The van der Waals surface area contributed by atoms with Crippen LogP contribution < -0.4 is 10.3 Å². The SMILES string of the molecule is O=C1OCCN1c1ccc(-n2ccc(=O)c(-c3ccnn3-c3cccc(C(F)(F)F)c3)n2)c(F)c1. The summed E-state index contributed by atoms with van der Waals surface area (Å²) in [5.41, 5.74) is -1.06. The molecule has 178 valence electrons. The molecule has 1 fully saturated rings. The lowest BCUT2D eigenvalue weighted by molar-refractivity contribution is -0.137. The second-order valence-corrected chi connectivity index (χ2v) is 7.55. The molecule has 1 saturated heterocycles. The molecule has 2 aromatic heterocycles. The Hall–Kier alpha value is -4.48. The van der Waals surface area contributed by atoms with Crippen LogP contribution in [-0.2, 0) is 10.9 Å². The molecule has 0 unspecified atom stereocenters. The van der Waals surface area contributed by atoms with Gasteiger partial charge in [0.1, 0.15) is 12.3 Å². The molecule has 2 aromatic carbocycles. The van der Waals surface area contributed by atoms with Crippen LogP contribution in [0.25, 0.3) is 22.8 Å². The molecular weight excluding hydrogens is 470 g/mol. The van der Waals surface area contributed by atoms with Gasteiger partial charge in [0.15, 0.2) is 11.5 Å². The Morgan fingerprint density at radius 2 is 1.80 bits per heavy atom. The molecule has 0 spiro atoms. The van der Waals surface area contributed by atoms with Gasteiger partial charge in [-0.25, -0.2) is 18.5 Å². The van der Waals surface area contributed by atoms with Gasteiger partial charge in [-0.15, -0.1) is 0 Å². The molecule has 4 aromatic rings. The summed E-state index contributed by atoms with van der Waals surface area (Å²) >= 11 is 0. The van der Waals surface area contributed by atoms with Gasteiger partial charge in [-0.3, -0.25) is 9.69 Å². The van der Waals surface area contributed by atoms with Crippen LogP contribution in [0.2, 0.25) is 0 Å². The fraction of sp³-hybridized carbons (Fsp3) is 0.130. The summed E-state index contributed by atoms with van der Waals surface area (Å²) in [6, 6.07) is 11.1. The van der Waals surface area contributed by atoms with Gasteiger partial charge in [-0.2, -0.15) is 23.4 Å². The van der Waals surface area contributed by atoms with Crippen molar-refractivity contribution in [2.24, 2.45) is 0 Å². The third kappa shape index (κ3) is 4.14. The van der Waals surface area contributed by atoms with E-state index in [-0.39, 0.29) is 35.9 Å². The maximum atomic E-state index is 14.9. The van der Waals surface area contributed by atoms with E-state index >= 15 is 0 Å². The Bertz CT molecular complexity index is 1500. The van der Waals surface area contributed by atoms with Crippen molar-refractivity contribution in [2.45, 2.75) is 6.18 Å². The second-order valence-electron chi connectivity index (χ2n) is 7.55. The smallest absolute Gasteiger partial charge is 0.416 e. The van der Waals surface area contributed by atoms with Gasteiger partial charge in [-0.05, 0) is 42.5 Å². The predicted octanol–water partition coefficient (Wildman–Crippen LogP) is 4.20. The van der Waals surface area contributed by atoms with E-state index < -0.39 is 29.1 Å². The number of hydrogen-bond donors (Lipinski definition) is 0. The van der Waals surface area contributed by atoms with Crippen molar-refractivity contribution >= 4 is 11.8 Å². The van der Waals surface area contributed by atoms with E-state index in [0.717, 1.165) is 33.6 Å². The third-order valence-corrected chi connectivity index (χ3v) is 5.36. The summed E-state index contributed by atoms with van der Waals surface area (Å²) in [7, 11) is 0. The van der Waals surface area contributed by atoms with Crippen molar-refractivity contribution < 1.29 is 27.1 Å². The number of aromatic nitrogens is 4. The predicted molar refractivity (Wildman–Crippen MR) is 116 cm³/mol. The highest BCUT2D eigenvalue weighted by atomic mass is 19.4. The van der Waals surface area contributed by atoms with Crippen molar-refractivity contribution in [3.63, 3.8) is 0 Å². The van der Waals surface area contributed by atoms with Gasteiger partial charge in [0, 0.05) is 12.3 Å². The molecule has 35 heavy (non-hydrogen) atoms. The minimum absolute atomic E-state index is 0.00676. The fourth-order valence-corrected chi connectivity index (χ4v) is 3.70. The van der Waals surface area contributed by atoms with Crippen LogP contribution in [0.1, 0.15) is 5.56 Å². The number of cyclic esters (lactones) is 1. The number of rotatable bonds is 4. The van der Waals surface area contributed by atoms with E-state index in [1.54, 1.807) is 0 Å². The molecule has 0 atom stereocenters. The van der Waals surface area contributed by atoms with Crippen LogP contribution in [0.15, 0.2) is 71.8 Å². The van der Waals surface area contributed by atoms with Crippen LogP contribution in [0.5, 0.6) is 0 Å². The zero-order chi connectivity index (χ0) is 24.7. The Morgan fingerprint density at radius 3 is 2.51 bits per heavy atom. The molecule has 0 bridgehead atoms. The minimum Gasteiger partial charge on any atom is -0.447 e. The summed E-state index contributed by atoms with van der Waals surface area (Å²) in [5.74, 6) is -0.712. The average molecular weight is 485 g/mol. The van der Waals surface area contributed by atoms with Gasteiger partial charge in [-0.1, -0.05) is 6.07 Å². The van der Waals surface area contributed by atoms with Crippen molar-refractivity contribution in [2.75, 3.05) is 18.1 Å².